The Morgan fingerprint density at radius 1 is 1.26 bits per heavy atom. The average molecular weight is 376 g/mol. The van der Waals surface area contributed by atoms with E-state index in [2.05, 4.69) is 41.1 Å². The maximum absolute atomic E-state index is 12.3. The van der Waals surface area contributed by atoms with Crippen molar-refractivity contribution >= 4 is 33.5 Å². The van der Waals surface area contributed by atoms with Gasteiger partial charge in [-0.2, -0.15) is 0 Å². The van der Waals surface area contributed by atoms with Gasteiger partial charge in [0, 0.05) is 41.4 Å². The number of aromatic nitrogens is 3. The molecule has 1 saturated heterocycles. The summed E-state index contributed by atoms with van der Waals surface area (Å²) in [5.41, 5.74) is 0.955. The minimum absolute atomic E-state index is 0.0135. The van der Waals surface area contributed by atoms with Gasteiger partial charge in [-0.25, -0.2) is 15.0 Å². The highest BCUT2D eigenvalue weighted by atomic mass is 79.9. The van der Waals surface area contributed by atoms with Crippen LogP contribution in [0.1, 0.15) is 18.5 Å². The van der Waals surface area contributed by atoms with E-state index in [4.69, 9.17) is 0 Å². The Balaban J connectivity index is 1.56. The van der Waals surface area contributed by atoms with Gasteiger partial charge in [-0.3, -0.25) is 4.79 Å². The number of hydrogen-bond donors (Lipinski definition) is 1. The van der Waals surface area contributed by atoms with Gasteiger partial charge >= 0.3 is 0 Å². The summed E-state index contributed by atoms with van der Waals surface area (Å²) in [6, 6.07) is 5.63. The zero-order valence-electron chi connectivity index (χ0n) is 12.9. The summed E-state index contributed by atoms with van der Waals surface area (Å²) < 4.78 is 0.893. The number of halogens is 1. The molecule has 0 aliphatic carbocycles. The molecule has 1 aliphatic heterocycles. The zero-order valence-corrected chi connectivity index (χ0v) is 14.5. The van der Waals surface area contributed by atoms with Gasteiger partial charge in [-0.05, 0) is 47.8 Å². The van der Waals surface area contributed by atoms with Gasteiger partial charge < -0.3 is 10.2 Å². The second-order valence-corrected chi connectivity index (χ2v) is 6.55. The summed E-state index contributed by atoms with van der Waals surface area (Å²) in [6.45, 7) is 3.60. The van der Waals surface area contributed by atoms with Crippen molar-refractivity contribution in [1.29, 1.82) is 0 Å². The standard InChI is InChI=1S/C16H18BrN5O/c1-11-8-15(20-10-19-11)22-6-4-12(5-7-22)16(23)21-14-3-2-13(17)9-18-14/h2-3,8-10,12H,4-7H2,1H3,(H,18,21,23). The lowest BCUT2D eigenvalue weighted by Gasteiger charge is -2.32. The monoisotopic (exact) mass is 375 g/mol. The summed E-state index contributed by atoms with van der Waals surface area (Å²) >= 11 is 3.33. The summed E-state index contributed by atoms with van der Waals surface area (Å²) in [5, 5.41) is 2.89. The molecule has 1 aliphatic rings. The highest BCUT2D eigenvalue weighted by Crippen LogP contribution is 2.23. The molecule has 0 unspecified atom stereocenters. The molecule has 23 heavy (non-hydrogen) atoms. The number of aryl methyl sites for hydroxylation is 1. The van der Waals surface area contributed by atoms with Crippen molar-refractivity contribution in [3.8, 4) is 0 Å². The molecule has 120 valence electrons. The van der Waals surface area contributed by atoms with Crippen LogP contribution in [-0.2, 0) is 4.79 Å². The van der Waals surface area contributed by atoms with Crippen molar-refractivity contribution < 1.29 is 4.79 Å². The number of pyridine rings is 1. The average Bonchev–Trinajstić information content (AvgIpc) is 2.57. The zero-order chi connectivity index (χ0) is 16.2. The molecule has 0 bridgehead atoms. The predicted octanol–water partition coefficient (Wildman–Crippen LogP) is 2.80. The lowest BCUT2D eigenvalue weighted by molar-refractivity contribution is -0.120. The molecule has 0 spiro atoms. The Morgan fingerprint density at radius 3 is 2.70 bits per heavy atom. The molecule has 1 N–H and O–H groups in total. The van der Waals surface area contributed by atoms with Crippen LogP contribution in [0.4, 0.5) is 11.6 Å². The summed E-state index contributed by atoms with van der Waals surface area (Å²) in [7, 11) is 0. The number of anilines is 2. The van der Waals surface area contributed by atoms with Crippen molar-refractivity contribution in [1.82, 2.24) is 15.0 Å². The Morgan fingerprint density at radius 2 is 2.04 bits per heavy atom. The third kappa shape index (κ3) is 4.04. The van der Waals surface area contributed by atoms with Gasteiger partial charge in [0.25, 0.3) is 0 Å². The third-order valence-corrected chi connectivity index (χ3v) is 4.43. The van der Waals surface area contributed by atoms with Crippen molar-refractivity contribution in [3.63, 3.8) is 0 Å². The smallest absolute Gasteiger partial charge is 0.228 e. The number of hydrogen-bond acceptors (Lipinski definition) is 5. The van der Waals surface area contributed by atoms with E-state index >= 15 is 0 Å². The van der Waals surface area contributed by atoms with Gasteiger partial charge in [0.05, 0.1) is 0 Å². The highest BCUT2D eigenvalue weighted by Gasteiger charge is 2.25. The Hall–Kier alpha value is -2.02. The Bertz CT molecular complexity index is 683. The predicted molar refractivity (Wildman–Crippen MR) is 92.3 cm³/mol. The topological polar surface area (TPSA) is 71.0 Å². The molecule has 2 aromatic rings. The Labute approximate surface area is 143 Å². The maximum Gasteiger partial charge on any atom is 0.228 e. The second-order valence-electron chi connectivity index (χ2n) is 5.63. The number of rotatable bonds is 3. The minimum Gasteiger partial charge on any atom is -0.356 e. The lowest BCUT2D eigenvalue weighted by Crippen LogP contribution is -2.38. The fraction of sp³-hybridized carbons (Fsp3) is 0.375. The van der Waals surface area contributed by atoms with E-state index in [1.54, 1.807) is 18.6 Å². The van der Waals surface area contributed by atoms with Gasteiger partial charge in [0.15, 0.2) is 0 Å². The number of carbonyl (C=O) groups is 1. The van der Waals surface area contributed by atoms with Crippen LogP contribution in [0.15, 0.2) is 35.2 Å². The van der Waals surface area contributed by atoms with Gasteiger partial charge in [-0.15, -0.1) is 0 Å². The van der Waals surface area contributed by atoms with Crippen LogP contribution in [-0.4, -0.2) is 33.9 Å². The molecule has 2 aromatic heterocycles. The Kier molecular flexibility index (Phi) is 4.85. The van der Waals surface area contributed by atoms with E-state index in [1.807, 2.05) is 19.1 Å². The molecule has 0 radical (unpaired) electrons. The molecule has 0 atom stereocenters. The molecule has 0 aromatic carbocycles. The first kappa shape index (κ1) is 15.9. The molecule has 7 heteroatoms. The molecule has 3 heterocycles. The number of amides is 1. The minimum atomic E-state index is 0.0135. The van der Waals surface area contributed by atoms with E-state index in [9.17, 15) is 4.79 Å². The van der Waals surface area contributed by atoms with Crippen LogP contribution in [0.3, 0.4) is 0 Å². The first-order valence-corrected chi connectivity index (χ1v) is 8.37. The summed E-state index contributed by atoms with van der Waals surface area (Å²) in [6.07, 6.45) is 4.88. The van der Waals surface area contributed by atoms with E-state index in [0.29, 0.717) is 5.82 Å². The molecule has 0 saturated carbocycles. The van der Waals surface area contributed by atoms with Crippen molar-refractivity contribution in [2.75, 3.05) is 23.3 Å². The van der Waals surface area contributed by atoms with E-state index < -0.39 is 0 Å². The molecular formula is C16H18BrN5O. The first-order valence-electron chi connectivity index (χ1n) is 7.58. The highest BCUT2D eigenvalue weighted by molar-refractivity contribution is 9.10. The van der Waals surface area contributed by atoms with Crippen molar-refractivity contribution in [2.45, 2.75) is 19.8 Å². The normalized spacial score (nSPS) is 15.5. The van der Waals surface area contributed by atoms with Gasteiger partial charge in [0.2, 0.25) is 5.91 Å². The van der Waals surface area contributed by atoms with Crippen molar-refractivity contribution in [2.24, 2.45) is 5.92 Å². The SMILES string of the molecule is Cc1cc(N2CCC(C(=O)Nc3ccc(Br)cn3)CC2)ncn1. The number of piperidine rings is 1. The maximum atomic E-state index is 12.3. The number of nitrogens with one attached hydrogen (secondary N) is 1. The first-order chi connectivity index (χ1) is 11.1. The van der Waals surface area contributed by atoms with Crippen LogP contribution in [0.5, 0.6) is 0 Å². The third-order valence-electron chi connectivity index (χ3n) is 3.96. The summed E-state index contributed by atoms with van der Waals surface area (Å²) in [5.74, 6) is 1.58. The molecule has 3 rings (SSSR count). The van der Waals surface area contributed by atoms with Crippen LogP contribution < -0.4 is 10.2 Å². The van der Waals surface area contributed by atoms with Gasteiger partial charge in [-0.1, -0.05) is 0 Å². The van der Waals surface area contributed by atoms with Crippen LogP contribution >= 0.6 is 15.9 Å². The van der Waals surface area contributed by atoms with E-state index in [0.717, 1.165) is 41.9 Å². The van der Waals surface area contributed by atoms with E-state index in [-0.39, 0.29) is 11.8 Å². The van der Waals surface area contributed by atoms with E-state index in [1.165, 1.54) is 0 Å². The second kappa shape index (κ2) is 7.04. The van der Waals surface area contributed by atoms with Crippen LogP contribution in [0, 0.1) is 12.8 Å². The number of nitrogens with zero attached hydrogens (tertiary/aromatic N) is 4. The largest absolute Gasteiger partial charge is 0.356 e. The summed E-state index contributed by atoms with van der Waals surface area (Å²) in [4.78, 5) is 27.2. The fourth-order valence-electron chi connectivity index (χ4n) is 2.66. The lowest BCUT2D eigenvalue weighted by atomic mass is 9.96. The van der Waals surface area contributed by atoms with Gasteiger partial charge in [0.1, 0.15) is 18.0 Å². The molecule has 6 nitrogen and oxygen atoms in total. The van der Waals surface area contributed by atoms with Crippen LogP contribution in [0.25, 0.3) is 0 Å². The molecule has 1 fully saturated rings. The molecule has 1 amide bonds. The number of carbonyl (C=O) groups excluding carboxylic acids is 1. The molecular weight excluding hydrogens is 358 g/mol. The van der Waals surface area contributed by atoms with Crippen molar-refractivity contribution in [3.05, 3.63) is 40.9 Å². The quantitative estimate of drug-likeness (QED) is 0.892. The fourth-order valence-corrected chi connectivity index (χ4v) is 2.90. The van der Waals surface area contributed by atoms with Crippen LogP contribution in [0.2, 0.25) is 0 Å².